The number of aromatic nitrogens is 2. The van der Waals surface area contributed by atoms with Crippen LogP contribution in [-0.4, -0.2) is 9.97 Å². The lowest BCUT2D eigenvalue weighted by atomic mass is 9.79. The maximum atomic E-state index is 5.46. The third kappa shape index (κ3) is 4.75. The maximum absolute atomic E-state index is 5.46. The first-order valence-corrected chi connectivity index (χ1v) is 19.7. The Labute approximate surface area is 328 Å². The van der Waals surface area contributed by atoms with Gasteiger partial charge in [-0.15, -0.1) is 0 Å². The lowest BCUT2D eigenvalue weighted by molar-refractivity contribution is 0.661. The van der Waals surface area contributed by atoms with Gasteiger partial charge in [0.05, 0.1) is 11.4 Å². The smallest absolute Gasteiger partial charge is 0.161 e. The van der Waals surface area contributed by atoms with Gasteiger partial charge >= 0.3 is 0 Å². The molecule has 0 radical (unpaired) electrons. The number of nitrogens with zero attached hydrogens (tertiary/aromatic N) is 2. The summed E-state index contributed by atoms with van der Waals surface area (Å²) in [6.07, 6.45) is 0. The Morgan fingerprint density at radius 3 is 1.75 bits per heavy atom. The predicted octanol–water partition coefficient (Wildman–Crippen LogP) is 14.1. The number of benzene rings is 8. The van der Waals surface area contributed by atoms with E-state index in [2.05, 4.69) is 198 Å². The van der Waals surface area contributed by atoms with Crippen molar-refractivity contribution in [2.45, 2.75) is 38.5 Å². The van der Waals surface area contributed by atoms with Crippen molar-refractivity contribution >= 4 is 21.5 Å². The van der Waals surface area contributed by atoms with Crippen LogP contribution in [0.1, 0.15) is 49.9 Å². The summed E-state index contributed by atoms with van der Waals surface area (Å²) in [5.41, 5.74) is 18.0. The van der Waals surface area contributed by atoms with Gasteiger partial charge in [-0.2, -0.15) is 0 Å². The van der Waals surface area contributed by atoms with Gasteiger partial charge in [0.2, 0.25) is 0 Å². The fraction of sp³-hybridized carbons (Fsp3) is 0.111. The highest BCUT2D eigenvalue weighted by Crippen LogP contribution is 2.53. The molecule has 1 heterocycles. The highest BCUT2D eigenvalue weighted by atomic mass is 14.9. The molecule has 0 amide bonds. The standard InChI is InChI=1S/C54H40N2/c1-53(2)47-31-36(25-26-41(47)45-29-34-17-8-9-18-35(34)30-48(45)53)37-27-28-43(39-20-11-10-19-38(37)39)52-55-49(33-15-6-5-7-16-33)32-50(56-52)44-23-14-22-42-40-21-12-13-24-46(40)54(3,4)51(42)44/h5-32H,1-4H3. The minimum absolute atomic E-state index is 0.115. The molecule has 11 rings (SSSR count). The summed E-state index contributed by atoms with van der Waals surface area (Å²) in [6, 6.07) is 62.0. The Hall–Kier alpha value is -6.64. The van der Waals surface area contributed by atoms with Gasteiger partial charge in [0.1, 0.15) is 0 Å². The zero-order valence-corrected chi connectivity index (χ0v) is 32.1. The Morgan fingerprint density at radius 1 is 0.339 bits per heavy atom. The number of hydrogen-bond donors (Lipinski definition) is 0. The molecule has 2 aliphatic carbocycles. The second kappa shape index (κ2) is 11.9. The molecule has 0 saturated heterocycles. The van der Waals surface area contributed by atoms with Crippen molar-refractivity contribution in [2.24, 2.45) is 0 Å². The minimum Gasteiger partial charge on any atom is -0.228 e. The normalized spacial score (nSPS) is 14.4. The van der Waals surface area contributed by atoms with Gasteiger partial charge < -0.3 is 0 Å². The van der Waals surface area contributed by atoms with Crippen LogP contribution in [0, 0.1) is 0 Å². The molecule has 266 valence electrons. The number of hydrogen-bond acceptors (Lipinski definition) is 2. The van der Waals surface area contributed by atoms with Crippen LogP contribution in [0.2, 0.25) is 0 Å². The van der Waals surface area contributed by atoms with Crippen LogP contribution in [0.25, 0.3) is 88.8 Å². The summed E-state index contributed by atoms with van der Waals surface area (Å²) < 4.78 is 0. The van der Waals surface area contributed by atoms with E-state index in [1.54, 1.807) is 0 Å². The molecular weight excluding hydrogens is 677 g/mol. The van der Waals surface area contributed by atoms with E-state index < -0.39 is 0 Å². The van der Waals surface area contributed by atoms with E-state index in [1.807, 2.05) is 0 Å². The quantitative estimate of drug-likeness (QED) is 0.181. The van der Waals surface area contributed by atoms with Gasteiger partial charge in [-0.25, -0.2) is 9.97 Å². The molecule has 0 unspecified atom stereocenters. The first-order chi connectivity index (χ1) is 27.3. The van der Waals surface area contributed by atoms with Crippen LogP contribution >= 0.6 is 0 Å². The van der Waals surface area contributed by atoms with Gasteiger partial charge in [0, 0.05) is 27.5 Å². The molecule has 0 fully saturated rings. The molecule has 0 atom stereocenters. The zero-order chi connectivity index (χ0) is 37.8. The van der Waals surface area contributed by atoms with E-state index in [4.69, 9.17) is 9.97 Å². The maximum Gasteiger partial charge on any atom is 0.161 e. The van der Waals surface area contributed by atoms with Crippen molar-refractivity contribution in [3.05, 3.63) is 192 Å². The lowest BCUT2D eigenvalue weighted by Gasteiger charge is -2.24. The van der Waals surface area contributed by atoms with E-state index in [1.165, 1.54) is 71.8 Å². The Bertz CT molecular complexity index is 3080. The molecule has 0 bridgehead atoms. The Kier molecular flexibility index (Phi) is 6.98. The van der Waals surface area contributed by atoms with Crippen molar-refractivity contribution < 1.29 is 0 Å². The molecule has 0 saturated carbocycles. The van der Waals surface area contributed by atoms with Crippen molar-refractivity contribution in [3.8, 4) is 67.3 Å². The zero-order valence-electron chi connectivity index (χ0n) is 32.1. The van der Waals surface area contributed by atoms with E-state index in [9.17, 15) is 0 Å². The van der Waals surface area contributed by atoms with Crippen molar-refractivity contribution in [2.75, 3.05) is 0 Å². The average Bonchev–Trinajstić information content (AvgIpc) is 3.61. The van der Waals surface area contributed by atoms with Crippen LogP contribution in [0.5, 0.6) is 0 Å². The summed E-state index contributed by atoms with van der Waals surface area (Å²) in [5.74, 6) is 0.729. The molecule has 0 aliphatic heterocycles. The van der Waals surface area contributed by atoms with E-state index >= 15 is 0 Å². The number of fused-ring (bicyclic) bond motifs is 8. The molecule has 9 aromatic rings. The highest BCUT2D eigenvalue weighted by molar-refractivity contribution is 6.05. The SMILES string of the molecule is CC1(C)c2cc(-c3ccc(-c4nc(-c5ccccc5)cc(-c5cccc6c5C(C)(C)c5ccccc5-6)n4)c4ccccc34)ccc2-c2cc3ccccc3cc21. The van der Waals surface area contributed by atoms with Gasteiger partial charge in [-0.3, -0.25) is 0 Å². The van der Waals surface area contributed by atoms with Gasteiger partial charge in [-0.05, 0) is 108 Å². The molecule has 2 heteroatoms. The summed E-state index contributed by atoms with van der Waals surface area (Å²) in [4.78, 5) is 10.8. The second-order valence-corrected chi connectivity index (χ2v) is 16.6. The number of rotatable bonds is 4. The van der Waals surface area contributed by atoms with Crippen LogP contribution in [0.3, 0.4) is 0 Å². The third-order valence-electron chi connectivity index (χ3n) is 12.7. The fourth-order valence-corrected chi connectivity index (χ4v) is 9.86. The van der Waals surface area contributed by atoms with Crippen LogP contribution < -0.4 is 0 Å². The average molecular weight is 717 g/mol. The first kappa shape index (κ1) is 32.8. The molecule has 1 aromatic heterocycles. The summed E-state index contributed by atoms with van der Waals surface area (Å²) >= 11 is 0. The molecule has 0 spiro atoms. The van der Waals surface area contributed by atoms with Crippen LogP contribution in [-0.2, 0) is 10.8 Å². The third-order valence-corrected chi connectivity index (χ3v) is 12.7. The minimum atomic E-state index is -0.172. The van der Waals surface area contributed by atoms with Crippen molar-refractivity contribution in [3.63, 3.8) is 0 Å². The molecule has 2 nitrogen and oxygen atoms in total. The fourth-order valence-electron chi connectivity index (χ4n) is 9.86. The molecular formula is C54H40N2. The highest BCUT2D eigenvalue weighted by Gasteiger charge is 2.38. The largest absolute Gasteiger partial charge is 0.228 e. The van der Waals surface area contributed by atoms with Crippen LogP contribution in [0.15, 0.2) is 170 Å². The van der Waals surface area contributed by atoms with E-state index in [-0.39, 0.29) is 10.8 Å². The summed E-state index contributed by atoms with van der Waals surface area (Å²) in [5, 5.41) is 4.91. The van der Waals surface area contributed by atoms with Crippen molar-refractivity contribution in [1.82, 2.24) is 9.97 Å². The molecule has 0 N–H and O–H groups in total. The topological polar surface area (TPSA) is 25.8 Å². The Morgan fingerprint density at radius 2 is 0.929 bits per heavy atom. The monoisotopic (exact) mass is 716 g/mol. The first-order valence-electron chi connectivity index (χ1n) is 19.7. The van der Waals surface area contributed by atoms with Crippen molar-refractivity contribution in [1.29, 1.82) is 0 Å². The summed E-state index contributed by atoms with van der Waals surface area (Å²) in [6.45, 7) is 9.42. The summed E-state index contributed by atoms with van der Waals surface area (Å²) in [7, 11) is 0. The molecule has 56 heavy (non-hydrogen) atoms. The van der Waals surface area contributed by atoms with Gasteiger partial charge in [0.15, 0.2) is 5.82 Å². The molecule has 2 aliphatic rings. The van der Waals surface area contributed by atoms with E-state index in [0.717, 1.165) is 39.3 Å². The van der Waals surface area contributed by atoms with Gasteiger partial charge in [0.25, 0.3) is 0 Å². The Balaban J connectivity index is 1.08. The second-order valence-electron chi connectivity index (χ2n) is 16.6. The van der Waals surface area contributed by atoms with E-state index in [0.29, 0.717) is 0 Å². The van der Waals surface area contributed by atoms with Gasteiger partial charge in [-0.1, -0.05) is 167 Å². The molecule has 8 aromatic carbocycles. The predicted molar refractivity (Wildman–Crippen MR) is 234 cm³/mol. The van der Waals surface area contributed by atoms with Crippen LogP contribution in [0.4, 0.5) is 0 Å². The lowest BCUT2D eigenvalue weighted by Crippen LogP contribution is -2.16.